The molecule has 0 spiro atoms. The van der Waals surface area contributed by atoms with Crippen molar-refractivity contribution in [2.75, 3.05) is 20.8 Å². The molecule has 5 heteroatoms. The molecule has 0 aromatic heterocycles. The maximum absolute atomic E-state index is 11.4. The van der Waals surface area contributed by atoms with Gasteiger partial charge in [-0.25, -0.2) is 4.79 Å². The minimum atomic E-state index is -1.42. The Morgan fingerprint density at radius 2 is 2.00 bits per heavy atom. The molecule has 1 rings (SSSR count). The zero-order chi connectivity index (χ0) is 12.8. The smallest absolute Gasteiger partial charge is 0.339 e. The molecule has 1 N–H and O–H groups in total. The first-order valence-electron chi connectivity index (χ1n) is 5.21. The summed E-state index contributed by atoms with van der Waals surface area (Å²) < 4.78 is 14.9. The topological polar surface area (TPSA) is 65.0 Å². The Morgan fingerprint density at radius 1 is 1.35 bits per heavy atom. The summed E-state index contributed by atoms with van der Waals surface area (Å²) in [6.07, 6.45) is -1.42. The minimum absolute atomic E-state index is 0.281. The second kappa shape index (κ2) is 6.10. The first kappa shape index (κ1) is 13.3. The second-order valence-corrected chi connectivity index (χ2v) is 3.23. The van der Waals surface area contributed by atoms with Crippen LogP contribution in [0.15, 0.2) is 18.2 Å². The average molecular weight is 240 g/mol. The normalized spacial score (nSPS) is 11.8. The molecule has 0 aliphatic carbocycles. The molecule has 1 aromatic carbocycles. The Hall–Kier alpha value is -1.75. The van der Waals surface area contributed by atoms with Crippen LogP contribution in [-0.4, -0.2) is 31.9 Å². The fourth-order valence-corrected chi connectivity index (χ4v) is 1.48. The molecular formula is C12H16O5. The maximum atomic E-state index is 11.4. The van der Waals surface area contributed by atoms with Crippen molar-refractivity contribution in [2.45, 2.75) is 13.0 Å². The van der Waals surface area contributed by atoms with E-state index < -0.39 is 12.1 Å². The molecule has 0 saturated carbocycles. The van der Waals surface area contributed by atoms with Gasteiger partial charge in [-0.2, -0.15) is 0 Å². The standard InChI is InChI=1S/C12H16O5/c1-4-17-9-7-5-6-8(15-2)10(9)11(13)12(14)16-3/h5-7,11,13H,4H2,1-3H3. The van der Waals surface area contributed by atoms with E-state index in [-0.39, 0.29) is 5.56 Å². The van der Waals surface area contributed by atoms with Crippen molar-refractivity contribution >= 4 is 5.97 Å². The number of aliphatic hydroxyl groups is 1. The number of carbonyl (C=O) groups excluding carboxylic acids is 1. The van der Waals surface area contributed by atoms with E-state index in [2.05, 4.69) is 4.74 Å². The zero-order valence-electron chi connectivity index (χ0n) is 10.1. The monoisotopic (exact) mass is 240 g/mol. The molecule has 1 unspecified atom stereocenters. The van der Waals surface area contributed by atoms with Crippen molar-refractivity contribution in [1.29, 1.82) is 0 Å². The van der Waals surface area contributed by atoms with Crippen molar-refractivity contribution < 1.29 is 24.1 Å². The number of carbonyl (C=O) groups is 1. The fourth-order valence-electron chi connectivity index (χ4n) is 1.48. The van der Waals surface area contributed by atoms with Gasteiger partial charge < -0.3 is 19.3 Å². The highest BCUT2D eigenvalue weighted by atomic mass is 16.5. The lowest BCUT2D eigenvalue weighted by molar-refractivity contribution is -0.150. The van der Waals surface area contributed by atoms with Gasteiger partial charge in [-0.1, -0.05) is 6.07 Å². The summed E-state index contributed by atoms with van der Waals surface area (Å²) >= 11 is 0. The predicted octanol–water partition coefficient (Wildman–Crippen LogP) is 1.30. The predicted molar refractivity (Wildman–Crippen MR) is 61.1 cm³/mol. The van der Waals surface area contributed by atoms with Gasteiger partial charge in [-0.05, 0) is 19.1 Å². The third-order valence-electron chi connectivity index (χ3n) is 2.24. The van der Waals surface area contributed by atoms with Gasteiger partial charge in [0.25, 0.3) is 0 Å². The van der Waals surface area contributed by atoms with Crippen LogP contribution in [0.25, 0.3) is 0 Å². The van der Waals surface area contributed by atoms with Gasteiger partial charge in [0.05, 0.1) is 26.4 Å². The number of hydrogen-bond donors (Lipinski definition) is 1. The van der Waals surface area contributed by atoms with Crippen molar-refractivity contribution in [3.8, 4) is 11.5 Å². The van der Waals surface area contributed by atoms with Crippen LogP contribution >= 0.6 is 0 Å². The Kier molecular flexibility index (Phi) is 4.78. The highest BCUT2D eigenvalue weighted by molar-refractivity contribution is 5.78. The van der Waals surface area contributed by atoms with E-state index in [9.17, 15) is 9.90 Å². The van der Waals surface area contributed by atoms with Crippen LogP contribution in [0.2, 0.25) is 0 Å². The lowest BCUT2D eigenvalue weighted by Crippen LogP contribution is -2.15. The van der Waals surface area contributed by atoms with Gasteiger partial charge in [0.2, 0.25) is 0 Å². The Bertz CT molecular complexity index is 388. The molecule has 94 valence electrons. The van der Waals surface area contributed by atoms with Crippen LogP contribution in [0, 0.1) is 0 Å². The summed E-state index contributed by atoms with van der Waals surface area (Å²) in [5, 5.41) is 9.87. The SMILES string of the molecule is CCOc1cccc(OC)c1C(O)C(=O)OC. The van der Waals surface area contributed by atoms with E-state index >= 15 is 0 Å². The van der Waals surface area contributed by atoms with Crippen molar-refractivity contribution in [2.24, 2.45) is 0 Å². The fraction of sp³-hybridized carbons (Fsp3) is 0.417. The summed E-state index contributed by atoms with van der Waals surface area (Å²) in [6.45, 7) is 2.24. The summed E-state index contributed by atoms with van der Waals surface area (Å²) in [5.74, 6) is 0.0362. The zero-order valence-corrected chi connectivity index (χ0v) is 10.1. The lowest BCUT2D eigenvalue weighted by Gasteiger charge is -2.17. The Labute approximate surface area is 99.9 Å². The number of benzene rings is 1. The van der Waals surface area contributed by atoms with E-state index in [0.29, 0.717) is 18.1 Å². The molecule has 1 aromatic rings. The van der Waals surface area contributed by atoms with Crippen molar-refractivity contribution in [1.82, 2.24) is 0 Å². The number of methoxy groups -OCH3 is 2. The van der Waals surface area contributed by atoms with Gasteiger partial charge in [-0.15, -0.1) is 0 Å². The van der Waals surface area contributed by atoms with Crippen LogP contribution in [-0.2, 0) is 9.53 Å². The van der Waals surface area contributed by atoms with Gasteiger partial charge in [-0.3, -0.25) is 0 Å². The molecule has 0 saturated heterocycles. The molecular weight excluding hydrogens is 224 g/mol. The van der Waals surface area contributed by atoms with Crippen LogP contribution in [0.1, 0.15) is 18.6 Å². The van der Waals surface area contributed by atoms with Gasteiger partial charge >= 0.3 is 5.97 Å². The van der Waals surface area contributed by atoms with E-state index in [1.54, 1.807) is 18.2 Å². The van der Waals surface area contributed by atoms with Crippen molar-refractivity contribution in [3.05, 3.63) is 23.8 Å². The van der Waals surface area contributed by atoms with Gasteiger partial charge in [0.15, 0.2) is 6.10 Å². The first-order valence-corrected chi connectivity index (χ1v) is 5.21. The molecule has 1 atom stereocenters. The molecule has 0 radical (unpaired) electrons. The summed E-state index contributed by atoms with van der Waals surface area (Å²) in [6, 6.07) is 5.02. The van der Waals surface area contributed by atoms with Crippen molar-refractivity contribution in [3.63, 3.8) is 0 Å². The summed E-state index contributed by atoms with van der Waals surface area (Å²) in [5.41, 5.74) is 0.281. The Morgan fingerprint density at radius 3 is 2.53 bits per heavy atom. The van der Waals surface area contributed by atoms with Gasteiger partial charge in [0.1, 0.15) is 11.5 Å². The third-order valence-corrected chi connectivity index (χ3v) is 2.24. The molecule has 0 fully saturated rings. The summed E-state index contributed by atoms with van der Waals surface area (Å²) in [4.78, 5) is 11.4. The number of aliphatic hydroxyl groups excluding tert-OH is 1. The largest absolute Gasteiger partial charge is 0.496 e. The lowest BCUT2D eigenvalue weighted by atomic mass is 10.1. The molecule has 0 aliphatic heterocycles. The third kappa shape index (κ3) is 2.88. The highest BCUT2D eigenvalue weighted by Gasteiger charge is 2.25. The molecule has 0 amide bonds. The Balaban J connectivity index is 3.20. The second-order valence-electron chi connectivity index (χ2n) is 3.23. The number of hydrogen-bond acceptors (Lipinski definition) is 5. The molecule has 0 aliphatic rings. The van der Waals surface area contributed by atoms with E-state index in [1.165, 1.54) is 14.2 Å². The molecule has 17 heavy (non-hydrogen) atoms. The van der Waals surface area contributed by atoms with E-state index in [1.807, 2.05) is 6.92 Å². The highest BCUT2D eigenvalue weighted by Crippen LogP contribution is 2.34. The molecule has 5 nitrogen and oxygen atoms in total. The van der Waals surface area contributed by atoms with Crippen LogP contribution < -0.4 is 9.47 Å². The van der Waals surface area contributed by atoms with Crippen LogP contribution in [0.4, 0.5) is 0 Å². The average Bonchev–Trinajstić information content (AvgIpc) is 2.37. The summed E-state index contributed by atoms with van der Waals surface area (Å²) in [7, 11) is 2.67. The minimum Gasteiger partial charge on any atom is -0.496 e. The number of rotatable bonds is 5. The number of ether oxygens (including phenoxy) is 3. The molecule has 0 heterocycles. The van der Waals surface area contributed by atoms with Crippen LogP contribution in [0.5, 0.6) is 11.5 Å². The van der Waals surface area contributed by atoms with E-state index in [4.69, 9.17) is 9.47 Å². The number of esters is 1. The van der Waals surface area contributed by atoms with Gasteiger partial charge in [0, 0.05) is 0 Å². The van der Waals surface area contributed by atoms with Crippen LogP contribution in [0.3, 0.4) is 0 Å². The van der Waals surface area contributed by atoms with E-state index in [0.717, 1.165) is 0 Å². The maximum Gasteiger partial charge on any atom is 0.339 e. The quantitative estimate of drug-likeness (QED) is 0.786. The molecule has 0 bridgehead atoms. The first-order chi connectivity index (χ1) is 8.15.